The van der Waals surface area contributed by atoms with Gasteiger partial charge in [-0.2, -0.15) is 0 Å². The van der Waals surface area contributed by atoms with Crippen molar-refractivity contribution in [3.05, 3.63) is 34.4 Å². The molecule has 3 atom stereocenters. The molecule has 1 aromatic carbocycles. The number of aliphatic carboxylic acids is 1. The summed E-state index contributed by atoms with van der Waals surface area (Å²) in [4.78, 5) is 70.0. The molecule has 0 spiro atoms. The summed E-state index contributed by atoms with van der Waals surface area (Å²) in [6.45, 7) is 6.00. The molecule has 0 fully saturated rings. The van der Waals surface area contributed by atoms with Crippen LogP contribution >= 0.6 is 0 Å². The van der Waals surface area contributed by atoms with Gasteiger partial charge in [-0.3, -0.25) is 34.1 Å². The number of hydrogen-bond donors (Lipinski definition) is 5. The highest BCUT2D eigenvalue weighted by molar-refractivity contribution is 6.00. The minimum absolute atomic E-state index is 0.159. The van der Waals surface area contributed by atoms with Crippen LogP contribution in [-0.2, 0) is 24.0 Å². The summed E-state index contributed by atoms with van der Waals surface area (Å²) in [5.41, 5.74) is -0.0430. The minimum Gasteiger partial charge on any atom is -0.481 e. The van der Waals surface area contributed by atoms with Crippen molar-refractivity contribution in [2.24, 2.45) is 5.92 Å². The number of nitrogens with zero attached hydrogens (tertiary/aromatic N) is 1. The van der Waals surface area contributed by atoms with Gasteiger partial charge in [0.2, 0.25) is 23.6 Å². The first-order valence-electron chi connectivity index (χ1n) is 9.96. The van der Waals surface area contributed by atoms with Crippen LogP contribution in [0.5, 0.6) is 0 Å². The van der Waals surface area contributed by atoms with Crippen LogP contribution in [0.1, 0.15) is 34.1 Å². The number of amides is 4. The zero-order valence-electron chi connectivity index (χ0n) is 18.6. The van der Waals surface area contributed by atoms with Crippen molar-refractivity contribution in [3.63, 3.8) is 0 Å². The average molecular weight is 465 g/mol. The molecular formula is C20H27N5O8. The molecule has 5 N–H and O–H groups in total. The van der Waals surface area contributed by atoms with Gasteiger partial charge in [-0.25, -0.2) is 0 Å². The van der Waals surface area contributed by atoms with Gasteiger partial charge in [0.15, 0.2) is 0 Å². The van der Waals surface area contributed by atoms with Crippen LogP contribution in [0.4, 0.5) is 11.4 Å². The van der Waals surface area contributed by atoms with Crippen molar-refractivity contribution >= 4 is 41.0 Å². The molecular weight excluding hydrogens is 438 g/mol. The Morgan fingerprint density at radius 3 is 1.97 bits per heavy atom. The number of hydrogen-bond acceptors (Lipinski definition) is 7. The Bertz CT molecular complexity index is 916. The minimum atomic E-state index is -1.49. The molecule has 0 saturated heterocycles. The fourth-order valence-electron chi connectivity index (χ4n) is 2.70. The van der Waals surface area contributed by atoms with Crippen molar-refractivity contribution in [1.29, 1.82) is 0 Å². The number of carbonyl (C=O) groups excluding carboxylic acids is 4. The van der Waals surface area contributed by atoms with Crippen molar-refractivity contribution < 1.29 is 34.0 Å². The Labute approximate surface area is 189 Å². The summed E-state index contributed by atoms with van der Waals surface area (Å²) in [6.07, 6.45) is -0.744. The van der Waals surface area contributed by atoms with Crippen molar-refractivity contribution in [3.8, 4) is 0 Å². The SMILES string of the molecule is CC(=O)NC(C(=O)NC(C)C(=O)NC(CC(=O)O)C(=O)Nc1ccc([N+](=O)[O-])cc1)C(C)C. The molecule has 0 aliphatic rings. The number of nitrogens with one attached hydrogen (secondary N) is 4. The molecule has 1 rings (SSSR count). The molecule has 0 heterocycles. The molecule has 1 aromatic rings. The standard InChI is InChI=1S/C20H27N5O8/c1-10(2)17(22-12(4)26)20(31)21-11(3)18(29)24-15(9-16(27)28)19(30)23-13-5-7-14(8-6-13)25(32)33/h5-8,10-11,15,17H,9H2,1-4H3,(H,21,31)(H,22,26)(H,23,30)(H,24,29)(H,27,28). The van der Waals surface area contributed by atoms with Crippen LogP contribution in [0.15, 0.2) is 24.3 Å². The average Bonchev–Trinajstić information content (AvgIpc) is 2.70. The Hall–Kier alpha value is -4.03. The van der Waals surface area contributed by atoms with Gasteiger partial charge >= 0.3 is 5.97 Å². The van der Waals surface area contributed by atoms with E-state index in [4.69, 9.17) is 5.11 Å². The molecule has 3 unspecified atom stereocenters. The summed E-state index contributed by atoms with van der Waals surface area (Å²) in [5, 5.41) is 29.4. The lowest BCUT2D eigenvalue weighted by atomic mass is 10.0. The lowest BCUT2D eigenvalue weighted by Gasteiger charge is -2.24. The van der Waals surface area contributed by atoms with Crippen molar-refractivity contribution in [1.82, 2.24) is 16.0 Å². The van der Waals surface area contributed by atoms with E-state index < -0.39 is 59.1 Å². The summed E-state index contributed by atoms with van der Waals surface area (Å²) >= 11 is 0. The highest BCUT2D eigenvalue weighted by Gasteiger charge is 2.29. The van der Waals surface area contributed by atoms with Gasteiger partial charge in [0.1, 0.15) is 18.1 Å². The van der Waals surface area contributed by atoms with Crippen LogP contribution in [0.3, 0.4) is 0 Å². The fourth-order valence-corrected chi connectivity index (χ4v) is 2.70. The van der Waals surface area contributed by atoms with Gasteiger partial charge in [0, 0.05) is 24.7 Å². The third-order valence-electron chi connectivity index (χ3n) is 4.42. The predicted molar refractivity (Wildman–Crippen MR) is 116 cm³/mol. The first-order valence-corrected chi connectivity index (χ1v) is 9.96. The smallest absolute Gasteiger partial charge is 0.305 e. The van der Waals surface area contributed by atoms with E-state index in [2.05, 4.69) is 21.3 Å². The molecule has 13 nitrogen and oxygen atoms in total. The van der Waals surface area contributed by atoms with Gasteiger partial charge in [0.25, 0.3) is 5.69 Å². The second kappa shape index (κ2) is 12.1. The number of carbonyl (C=O) groups is 5. The lowest BCUT2D eigenvalue weighted by Crippen LogP contribution is -2.56. The molecule has 0 aromatic heterocycles. The highest BCUT2D eigenvalue weighted by atomic mass is 16.6. The summed E-state index contributed by atoms with van der Waals surface area (Å²) in [5.74, 6) is -4.36. The topological polar surface area (TPSA) is 197 Å². The Kier molecular flexibility index (Phi) is 9.92. The number of nitro groups is 1. The van der Waals surface area contributed by atoms with E-state index in [-0.39, 0.29) is 17.3 Å². The van der Waals surface area contributed by atoms with E-state index in [0.717, 1.165) is 12.1 Å². The molecule has 180 valence electrons. The predicted octanol–water partition coefficient (Wildman–Crippen LogP) is 0.158. The second-order valence-corrected chi connectivity index (χ2v) is 7.60. The fraction of sp³-hybridized carbons (Fsp3) is 0.450. The molecule has 0 bridgehead atoms. The third kappa shape index (κ3) is 8.93. The van der Waals surface area contributed by atoms with Gasteiger partial charge in [0.05, 0.1) is 11.3 Å². The number of carboxylic acid groups (broad SMARTS) is 1. The van der Waals surface area contributed by atoms with E-state index in [9.17, 15) is 34.1 Å². The lowest BCUT2D eigenvalue weighted by molar-refractivity contribution is -0.384. The Morgan fingerprint density at radius 2 is 1.52 bits per heavy atom. The normalized spacial score (nSPS) is 13.2. The van der Waals surface area contributed by atoms with E-state index in [1.807, 2.05) is 0 Å². The van der Waals surface area contributed by atoms with Gasteiger partial charge in [-0.15, -0.1) is 0 Å². The van der Waals surface area contributed by atoms with Gasteiger partial charge in [-0.1, -0.05) is 13.8 Å². The number of non-ortho nitro benzene ring substituents is 1. The van der Waals surface area contributed by atoms with Crippen LogP contribution < -0.4 is 21.3 Å². The van der Waals surface area contributed by atoms with Crippen LogP contribution in [-0.4, -0.2) is 57.8 Å². The molecule has 0 aliphatic heterocycles. The molecule has 0 saturated carbocycles. The first-order chi connectivity index (χ1) is 15.3. The van der Waals surface area contributed by atoms with Crippen LogP contribution in [0, 0.1) is 16.0 Å². The monoisotopic (exact) mass is 465 g/mol. The molecule has 33 heavy (non-hydrogen) atoms. The summed E-state index contributed by atoms with van der Waals surface area (Å²) in [6, 6.07) is 1.30. The van der Waals surface area contributed by atoms with E-state index in [0.29, 0.717) is 0 Å². The van der Waals surface area contributed by atoms with Gasteiger partial charge < -0.3 is 26.4 Å². The Morgan fingerprint density at radius 1 is 0.939 bits per heavy atom. The van der Waals surface area contributed by atoms with E-state index in [1.165, 1.54) is 26.0 Å². The quantitative estimate of drug-likeness (QED) is 0.225. The maximum atomic E-state index is 12.5. The first kappa shape index (κ1) is 27.0. The maximum absolute atomic E-state index is 12.5. The Balaban J connectivity index is 2.85. The van der Waals surface area contributed by atoms with Crippen molar-refractivity contribution in [2.75, 3.05) is 5.32 Å². The third-order valence-corrected chi connectivity index (χ3v) is 4.42. The van der Waals surface area contributed by atoms with Crippen LogP contribution in [0.25, 0.3) is 0 Å². The molecule has 4 amide bonds. The maximum Gasteiger partial charge on any atom is 0.305 e. The summed E-state index contributed by atoms with van der Waals surface area (Å²) in [7, 11) is 0. The molecule has 0 radical (unpaired) electrons. The second-order valence-electron chi connectivity index (χ2n) is 7.60. The zero-order chi connectivity index (χ0) is 25.3. The number of nitro benzene ring substituents is 1. The van der Waals surface area contributed by atoms with Gasteiger partial charge in [-0.05, 0) is 25.0 Å². The van der Waals surface area contributed by atoms with E-state index in [1.54, 1.807) is 13.8 Å². The number of anilines is 1. The van der Waals surface area contributed by atoms with E-state index >= 15 is 0 Å². The summed E-state index contributed by atoms with van der Waals surface area (Å²) < 4.78 is 0. The number of rotatable bonds is 11. The van der Waals surface area contributed by atoms with Crippen LogP contribution in [0.2, 0.25) is 0 Å². The number of carboxylic acids is 1. The molecule has 13 heteroatoms. The zero-order valence-corrected chi connectivity index (χ0v) is 18.6. The number of benzene rings is 1. The molecule has 0 aliphatic carbocycles. The van der Waals surface area contributed by atoms with Crippen molar-refractivity contribution in [2.45, 2.75) is 52.2 Å². The largest absolute Gasteiger partial charge is 0.481 e. The highest BCUT2D eigenvalue weighted by Crippen LogP contribution is 2.16.